The van der Waals surface area contributed by atoms with E-state index < -0.39 is 22.4 Å². The molecule has 1 aromatic rings. The van der Waals surface area contributed by atoms with Gasteiger partial charge in [0.25, 0.3) is 0 Å². The molecule has 1 aliphatic heterocycles. The molecule has 1 saturated heterocycles. The first kappa shape index (κ1) is 13.1. The van der Waals surface area contributed by atoms with Crippen LogP contribution in [-0.4, -0.2) is 22.5 Å². The summed E-state index contributed by atoms with van der Waals surface area (Å²) in [4.78, 5) is 28.6. The zero-order valence-corrected chi connectivity index (χ0v) is 11.8. The summed E-state index contributed by atoms with van der Waals surface area (Å²) >= 11 is 0. The summed E-state index contributed by atoms with van der Waals surface area (Å²) in [7, 11) is 0. The number of carbonyl (C=O) groups is 2. The summed E-state index contributed by atoms with van der Waals surface area (Å²) in [5.41, 5.74) is -2.40. The van der Waals surface area contributed by atoms with E-state index in [1.807, 2.05) is 20.8 Å². The monoisotopic (exact) mass is 275 g/mol. The fraction of sp³-hybridized carbons (Fsp3) is 0.533. The lowest BCUT2D eigenvalue weighted by molar-refractivity contribution is -0.176. The number of aromatic nitrogens is 1. The Labute approximate surface area is 117 Å². The highest BCUT2D eigenvalue weighted by atomic mass is 16.6. The molecule has 2 bridgehead atoms. The van der Waals surface area contributed by atoms with E-state index in [-0.39, 0.29) is 5.97 Å². The number of fused-ring (bicyclic) bond motifs is 2. The van der Waals surface area contributed by atoms with E-state index in [2.05, 4.69) is 4.98 Å². The fourth-order valence-electron chi connectivity index (χ4n) is 3.30. The predicted molar refractivity (Wildman–Crippen MR) is 69.8 cm³/mol. The van der Waals surface area contributed by atoms with E-state index in [9.17, 15) is 9.59 Å². The third-order valence-electron chi connectivity index (χ3n) is 5.26. The lowest BCUT2D eigenvalue weighted by atomic mass is 9.66. The van der Waals surface area contributed by atoms with Gasteiger partial charge in [-0.05, 0) is 31.9 Å². The molecule has 2 atom stereocenters. The summed E-state index contributed by atoms with van der Waals surface area (Å²) in [6.07, 6.45) is 4.20. The molecule has 0 unspecified atom stereocenters. The molecule has 106 valence electrons. The smallest absolute Gasteiger partial charge is 0.356 e. The molecule has 0 amide bonds. The Morgan fingerprint density at radius 3 is 2.60 bits per heavy atom. The van der Waals surface area contributed by atoms with Gasteiger partial charge in [-0.2, -0.15) is 0 Å². The Balaban J connectivity index is 1.94. The molecule has 2 aliphatic rings. The zero-order valence-electron chi connectivity index (χ0n) is 11.8. The standard InChI is InChI=1S/C15H17NO4/c1-13(2)14(3)6-7-15(13,20-11(14)17)12(18)19-10-5-4-8-16-9-10/h4-5,8-9H,6-7H2,1-3H3/t14-,15-/m1/s1. The number of carbonyl (C=O) groups excluding carboxylic acids is 2. The second-order valence-corrected chi connectivity index (χ2v) is 6.25. The normalized spacial score (nSPS) is 33.9. The van der Waals surface area contributed by atoms with Gasteiger partial charge in [0.15, 0.2) is 0 Å². The van der Waals surface area contributed by atoms with Crippen LogP contribution in [0.2, 0.25) is 0 Å². The molecule has 1 saturated carbocycles. The summed E-state index contributed by atoms with van der Waals surface area (Å²) in [6, 6.07) is 3.34. The number of pyridine rings is 1. The quantitative estimate of drug-likeness (QED) is 0.773. The first-order valence-corrected chi connectivity index (χ1v) is 6.69. The molecule has 20 heavy (non-hydrogen) atoms. The number of esters is 2. The highest BCUT2D eigenvalue weighted by Crippen LogP contribution is 2.65. The molecule has 0 N–H and O–H groups in total. The molecule has 0 aromatic carbocycles. The molecular weight excluding hydrogens is 258 g/mol. The van der Waals surface area contributed by atoms with Crippen LogP contribution in [0.4, 0.5) is 0 Å². The van der Waals surface area contributed by atoms with Crippen molar-refractivity contribution in [2.75, 3.05) is 0 Å². The van der Waals surface area contributed by atoms with Gasteiger partial charge in [-0.1, -0.05) is 13.8 Å². The van der Waals surface area contributed by atoms with Crippen LogP contribution in [0.5, 0.6) is 5.75 Å². The van der Waals surface area contributed by atoms with Crippen LogP contribution in [0, 0.1) is 10.8 Å². The minimum absolute atomic E-state index is 0.308. The number of ether oxygens (including phenoxy) is 2. The summed E-state index contributed by atoms with van der Waals surface area (Å²) < 4.78 is 10.8. The Hall–Kier alpha value is -1.91. The van der Waals surface area contributed by atoms with E-state index in [0.717, 1.165) is 0 Å². The third-order valence-corrected chi connectivity index (χ3v) is 5.26. The molecule has 0 radical (unpaired) electrons. The van der Waals surface area contributed by atoms with Crippen LogP contribution < -0.4 is 4.74 Å². The number of nitrogens with zero attached hydrogens (tertiary/aromatic N) is 1. The molecule has 1 aliphatic carbocycles. The van der Waals surface area contributed by atoms with Crippen molar-refractivity contribution in [3.8, 4) is 5.75 Å². The van der Waals surface area contributed by atoms with Gasteiger partial charge in [0.1, 0.15) is 5.75 Å². The highest BCUT2D eigenvalue weighted by molar-refractivity contribution is 5.94. The third kappa shape index (κ3) is 1.35. The average molecular weight is 275 g/mol. The van der Waals surface area contributed by atoms with Gasteiger partial charge in [0.2, 0.25) is 5.60 Å². The highest BCUT2D eigenvalue weighted by Gasteiger charge is 2.76. The SMILES string of the molecule is CC1(C)[C@]2(C)CC[C@]1(C(=O)Oc1cccnc1)OC2=O. The first-order valence-electron chi connectivity index (χ1n) is 6.69. The Morgan fingerprint density at radius 1 is 1.35 bits per heavy atom. The van der Waals surface area contributed by atoms with E-state index in [1.165, 1.54) is 6.20 Å². The fourth-order valence-corrected chi connectivity index (χ4v) is 3.30. The van der Waals surface area contributed by atoms with Crippen LogP contribution >= 0.6 is 0 Å². The van der Waals surface area contributed by atoms with E-state index in [4.69, 9.17) is 9.47 Å². The Bertz CT molecular complexity index is 583. The van der Waals surface area contributed by atoms with Gasteiger partial charge >= 0.3 is 11.9 Å². The number of hydrogen-bond acceptors (Lipinski definition) is 5. The van der Waals surface area contributed by atoms with E-state index in [1.54, 1.807) is 18.3 Å². The molecule has 0 spiro atoms. The molecule has 3 rings (SSSR count). The van der Waals surface area contributed by atoms with Crippen LogP contribution in [0.25, 0.3) is 0 Å². The summed E-state index contributed by atoms with van der Waals surface area (Å²) in [5.74, 6) is -0.457. The summed E-state index contributed by atoms with van der Waals surface area (Å²) in [5, 5.41) is 0. The lowest BCUT2D eigenvalue weighted by Crippen LogP contribution is -2.50. The Morgan fingerprint density at radius 2 is 2.10 bits per heavy atom. The summed E-state index contributed by atoms with van der Waals surface area (Å²) in [6.45, 7) is 5.66. The van der Waals surface area contributed by atoms with Crippen molar-refractivity contribution < 1.29 is 19.1 Å². The van der Waals surface area contributed by atoms with Gasteiger partial charge in [-0.15, -0.1) is 0 Å². The van der Waals surface area contributed by atoms with Crippen molar-refractivity contribution >= 4 is 11.9 Å². The van der Waals surface area contributed by atoms with Gasteiger partial charge in [-0.3, -0.25) is 9.78 Å². The molecule has 2 fully saturated rings. The van der Waals surface area contributed by atoms with Crippen molar-refractivity contribution in [2.45, 2.75) is 39.2 Å². The van der Waals surface area contributed by atoms with Gasteiger partial charge in [0.05, 0.1) is 11.6 Å². The minimum atomic E-state index is -1.19. The lowest BCUT2D eigenvalue weighted by Gasteiger charge is -2.34. The minimum Gasteiger partial charge on any atom is -0.446 e. The molecule has 2 heterocycles. The van der Waals surface area contributed by atoms with Crippen molar-refractivity contribution in [1.29, 1.82) is 0 Å². The van der Waals surface area contributed by atoms with Crippen molar-refractivity contribution in [3.05, 3.63) is 24.5 Å². The zero-order chi connectivity index (χ0) is 14.6. The predicted octanol–water partition coefficient (Wildman–Crippen LogP) is 2.11. The Kier molecular flexibility index (Phi) is 2.49. The van der Waals surface area contributed by atoms with E-state index in [0.29, 0.717) is 18.6 Å². The van der Waals surface area contributed by atoms with Crippen molar-refractivity contribution in [3.63, 3.8) is 0 Å². The average Bonchev–Trinajstić information content (AvgIpc) is 2.70. The van der Waals surface area contributed by atoms with Crippen LogP contribution in [0.1, 0.15) is 33.6 Å². The van der Waals surface area contributed by atoms with Crippen LogP contribution in [-0.2, 0) is 14.3 Å². The number of hydrogen-bond donors (Lipinski definition) is 0. The van der Waals surface area contributed by atoms with Crippen molar-refractivity contribution in [2.24, 2.45) is 10.8 Å². The van der Waals surface area contributed by atoms with Crippen molar-refractivity contribution in [1.82, 2.24) is 4.98 Å². The van der Waals surface area contributed by atoms with Crippen LogP contribution in [0.3, 0.4) is 0 Å². The molecule has 1 aromatic heterocycles. The van der Waals surface area contributed by atoms with Gasteiger partial charge in [0, 0.05) is 11.6 Å². The number of rotatable bonds is 2. The van der Waals surface area contributed by atoms with Gasteiger partial charge in [-0.25, -0.2) is 4.79 Å². The van der Waals surface area contributed by atoms with Gasteiger partial charge < -0.3 is 9.47 Å². The van der Waals surface area contributed by atoms with E-state index >= 15 is 0 Å². The second-order valence-electron chi connectivity index (χ2n) is 6.25. The maximum absolute atomic E-state index is 12.6. The largest absolute Gasteiger partial charge is 0.446 e. The second kappa shape index (κ2) is 3.81. The first-order chi connectivity index (χ1) is 9.33. The molecule has 5 heteroatoms. The topological polar surface area (TPSA) is 65.5 Å². The maximum Gasteiger partial charge on any atom is 0.356 e. The maximum atomic E-state index is 12.6. The molecule has 5 nitrogen and oxygen atoms in total. The van der Waals surface area contributed by atoms with Crippen LogP contribution in [0.15, 0.2) is 24.5 Å². The molecular formula is C15H17NO4.